The van der Waals surface area contributed by atoms with Gasteiger partial charge in [-0.05, 0) is 11.4 Å². The molecule has 3 rings (SSSR count). The number of β-lactam (4-membered cyclic amide) rings is 1. The summed E-state index contributed by atoms with van der Waals surface area (Å²) >= 11 is 2.78. The Morgan fingerprint density at radius 3 is 2.85 bits per heavy atom. The van der Waals surface area contributed by atoms with E-state index in [1.807, 2.05) is 17.5 Å². The lowest BCUT2D eigenvalue weighted by Gasteiger charge is -2.49. The van der Waals surface area contributed by atoms with E-state index in [4.69, 9.17) is 0 Å². The van der Waals surface area contributed by atoms with Crippen LogP contribution in [-0.2, 0) is 25.6 Å². The van der Waals surface area contributed by atoms with Crippen LogP contribution in [-0.4, -0.2) is 57.1 Å². The topological polar surface area (TPSA) is 128 Å². The van der Waals surface area contributed by atoms with Gasteiger partial charge in [-0.2, -0.15) is 5.10 Å². The lowest BCUT2D eigenvalue weighted by molar-refractivity contribution is -0.150. The van der Waals surface area contributed by atoms with Crippen LogP contribution < -0.4 is 10.7 Å². The van der Waals surface area contributed by atoms with Gasteiger partial charge in [0.2, 0.25) is 11.8 Å². The predicted molar refractivity (Wildman–Crippen MR) is 100 cm³/mol. The fourth-order valence-electron chi connectivity index (χ4n) is 2.74. The number of hydrogen-bond acceptors (Lipinski definition) is 7. The van der Waals surface area contributed by atoms with Crippen molar-refractivity contribution in [3.63, 3.8) is 0 Å². The van der Waals surface area contributed by atoms with Crippen molar-refractivity contribution in [2.24, 2.45) is 5.10 Å². The Labute approximate surface area is 162 Å². The number of hydrazone groups is 1. The second-order valence-corrected chi connectivity index (χ2v) is 7.95. The molecule has 1 unspecified atom stereocenters. The van der Waals surface area contributed by atoms with Crippen LogP contribution in [0.3, 0.4) is 0 Å². The first-order chi connectivity index (χ1) is 12.9. The summed E-state index contributed by atoms with van der Waals surface area (Å²) in [4.78, 5) is 49.2. The standard InChI is InChI=1S/C16H16N4O5S2/c1-8(21)19-17-6-9-7-27-15-12(14(23)20(15)13(9)16(24)25)18-11(22)5-10-3-2-4-26-10/h2-4,6,12,15H,5,7H2,1H3,(H,18,22)(H,19,21)(H,24,25)/t12?,15-/m1/s1. The molecular weight excluding hydrogens is 392 g/mol. The first kappa shape index (κ1) is 19.1. The molecule has 0 radical (unpaired) electrons. The number of carboxylic acid groups (broad SMARTS) is 1. The van der Waals surface area contributed by atoms with Gasteiger partial charge in [0.25, 0.3) is 5.91 Å². The van der Waals surface area contributed by atoms with Crippen LogP contribution >= 0.6 is 23.1 Å². The van der Waals surface area contributed by atoms with E-state index in [0.717, 1.165) is 9.78 Å². The Morgan fingerprint density at radius 1 is 1.44 bits per heavy atom. The summed E-state index contributed by atoms with van der Waals surface area (Å²) in [5, 5.41) is 17.3. The molecular formula is C16H16N4O5S2. The van der Waals surface area contributed by atoms with Gasteiger partial charge < -0.3 is 10.4 Å². The Morgan fingerprint density at radius 2 is 2.22 bits per heavy atom. The van der Waals surface area contributed by atoms with Gasteiger partial charge in [0.15, 0.2) is 0 Å². The largest absolute Gasteiger partial charge is 0.477 e. The van der Waals surface area contributed by atoms with Crippen molar-refractivity contribution < 1.29 is 24.3 Å². The molecule has 2 atom stereocenters. The zero-order valence-electron chi connectivity index (χ0n) is 14.2. The number of carbonyl (C=O) groups is 4. The molecule has 0 aliphatic carbocycles. The first-order valence-electron chi connectivity index (χ1n) is 7.91. The third-order valence-electron chi connectivity index (χ3n) is 3.87. The van der Waals surface area contributed by atoms with Gasteiger partial charge in [-0.25, -0.2) is 10.2 Å². The van der Waals surface area contributed by atoms with Crippen LogP contribution in [0.2, 0.25) is 0 Å². The number of thioether (sulfide) groups is 1. The Hall–Kier alpha value is -2.66. The second-order valence-electron chi connectivity index (χ2n) is 5.82. The lowest BCUT2D eigenvalue weighted by Crippen LogP contribution is -2.70. The molecule has 1 saturated heterocycles. The van der Waals surface area contributed by atoms with Crippen molar-refractivity contribution in [2.75, 3.05) is 5.75 Å². The zero-order valence-corrected chi connectivity index (χ0v) is 15.8. The van der Waals surface area contributed by atoms with E-state index in [1.165, 1.54) is 36.2 Å². The Balaban J connectivity index is 1.71. The average Bonchev–Trinajstić information content (AvgIpc) is 3.11. The molecule has 1 aromatic rings. The summed E-state index contributed by atoms with van der Waals surface area (Å²) in [5.41, 5.74) is 2.33. The molecule has 1 aromatic heterocycles. The molecule has 2 aliphatic heterocycles. The average molecular weight is 408 g/mol. The third kappa shape index (κ3) is 4.03. The minimum Gasteiger partial charge on any atom is -0.477 e. The van der Waals surface area contributed by atoms with Gasteiger partial charge in [-0.15, -0.1) is 23.1 Å². The quantitative estimate of drug-likeness (QED) is 0.349. The van der Waals surface area contributed by atoms with E-state index in [2.05, 4.69) is 15.8 Å². The number of amides is 3. The number of nitrogens with zero attached hydrogens (tertiary/aromatic N) is 2. The minimum atomic E-state index is -1.26. The smallest absolute Gasteiger partial charge is 0.353 e. The van der Waals surface area contributed by atoms with E-state index in [0.29, 0.717) is 5.57 Å². The number of hydrogen-bond donors (Lipinski definition) is 3. The lowest BCUT2D eigenvalue weighted by atomic mass is 10.0. The van der Waals surface area contributed by atoms with Crippen LogP contribution in [0.5, 0.6) is 0 Å². The van der Waals surface area contributed by atoms with Crippen molar-refractivity contribution in [3.05, 3.63) is 33.7 Å². The van der Waals surface area contributed by atoms with Crippen LogP contribution in [0, 0.1) is 0 Å². The molecule has 3 N–H and O–H groups in total. The van der Waals surface area contributed by atoms with Crippen LogP contribution in [0.4, 0.5) is 0 Å². The Kier molecular flexibility index (Phi) is 5.61. The molecule has 3 heterocycles. The van der Waals surface area contributed by atoms with Gasteiger partial charge in [0, 0.05) is 23.1 Å². The summed E-state index contributed by atoms with van der Waals surface area (Å²) in [6.07, 6.45) is 1.40. The molecule has 142 valence electrons. The van der Waals surface area contributed by atoms with Gasteiger partial charge in [0.05, 0.1) is 12.6 Å². The molecule has 27 heavy (non-hydrogen) atoms. The van der Waals surface area contributed by atoms with Crippen LogP contribution in [0.1, 0.15) is 11.8 Å². The van der Waals surface area contributed by atoms with E-state index in [-0.39, 0.29) is 23.8 Å². The van der Waals surface area contributed by atoms with E-state index < -0.39 is 29.2 Å². The van der Waals surface area contributed by atoms with Crippen molar-refractivity contribution in [1.29, 1.82) is 0 Å². The molecule has 2 aliphatic rings. The van der Waals surface area contributed by atoms with Crippen molar-refractivity contribution >= 4 is 53.0 Å². The highest BCUT2D eigenvalue weighted by Gasteiger charge is 2.54. The highest BCUT2D eigenvalue weighted by molar-refractivity contribution is 8.00. The summed E-state index contributed by atoms with van der Waals surface area (Å²) in [5.74, 6) is -2.12. The minimum absolute atomic E-state index is 0.176. The maximum Gasteiger partial charge on any atom is 0.353 e. The molecule has 0 aromatic carbocycles. The summed E-state index contributed by atoms with van der Waals surface area (Å²) < 4.78 is 0. The summed E-state index contributed by atoms with van der Waals surface area (Å²) in [7, 11) is 0. The fourth-order valence-corrected chi connectivity index (χ4v) is 4.74. The van der Waals surface area contributed by atoms with Gasteiger partial charge in [-0.1, -0.05) is 6.07 Å². The fraction of sp³-hybridized carbons (Fsp3) is 0.312. The predicted octanol–water partition coefficient (Wildman–Crippen LogP) is 0.151. The van der Waals surface area contributed by atoms with Crippen molar-refractivity contribution in [1.82, 2.24) is 15.6 Å². The number of carboxylic acids is 1. The van der Waals surface area contributed by atoms with Gasteiger partial charge >= 0.3 is 5.97 Å². The number of rotatable bonds is 6. The number of carbonyl (C=O) groups excluding carboxylic acids is 3. The van der Waals surface area contributed by atoms with Crippen molar-refractivity contribution in [2.45, 2.75) is 24.8 Å². The molecule has 1 fully saturated rings. The van der Waals surface area contributed by atoms with E-state index in [1.54, 1.807) is 0 Å². The Bertz CT molecular complexity index is 849. The van der Waals surface area contributed by atoms with E-state index >= 15 is 0 Å². The summed E-state index contributed by atoms with van der Waals surface area (Å²) in [6, 6.07) is 2.92. The van der Waals surface area contributed by atoms with Crippen LogP contribution in [0.25, 0.3) is 0 Å². The monoisotopic (exact) mass is 408 g/mol. The molecule has 9 nitrogen and oxygen atoms in total. The van der Waals surface area contributed by atoms with E-state index in [9.17, 15) is 24.3 Å². The number of nitrogens with one attached hydrogen (secondary N) is 2. The molecule has 11 heteroatoms. The highest BCUT2D eigenvalue weighted by Crippen LogP contribution is 2.39. The number of aliphatic carboxylic acids is 1. The molecule has 0 spiro atoms. The van der Waals surface area contributed by atoms with Gasteiger partial charge in [-0.3, -0.25) is 19.3 Å². The number of thiophene rings is 1. The maximum absolute atomic E-state index is 12.5. The molecule has 3 amide bonds. The molecule has 0 bridgehead atoms. The van der Waals surface area contributed by atoms with Crippen LogP contribution in [0.15, 0.2) is 33.9 Å². The SMILES string of the molecule is CC(=O)NN=CC1=C(C(=O)O)N2C(=O)C(NC(=O)Cc3cccs3)[C@H]2SC1. The maximum atomic E-state index is 12.5. The zero-order chi connectivity index (χ0) is 19.6. The van der Waals surface area contributed by atoms with Crippen molar-refractivity contribution in [3.8, 4) is 0 Å². The summed E-state index contributed by atoms with van der Waals surface area (Å²) in [6.45, 7) is 1.28. The van der Waals surface area contributed by atoms with Gasteiger partial charge in [0.1, 0.15) is 17.1 Å². The second kappa shape index (κ2) is 7.92. The normalized spacial score (nSPS) is 21.7. The third-order valence-corrected chi connectivity index (χ3v) is 6.05. The molecule has 0 saturated carbocycles. The highest BCUT2D eigenvalue weighted by atomic mass is 32.2. The number of fused-ring (bicyclic) bond motifs is 1. The first-order valence-corrected chi connectivity index (χ1v) is 9.84.